The van der Waals surface area contributed by atoms with E-state index in [1.807, 2.05) is 42.7 Å². The molecule has 0 amide bonds. The molecule has 0 atom stereocenters. The minimum absolute atomic E-state index is 0.593. The van der Waals surface area contributed by atoms with Gasteiger partial charge in [0.25, 0.3) is 0 Å². The fourth-order valence-corrected chi connectivity index (χ4v) is 2.19. The molecule has 3 heterocycles. The van der Waals surface area contributed by atoms with Gasteiger partial charge in [-0.2, -0.15) is 5.21 Å². The van der Waals surface area contributed by atoms with Gasteiger partial charge in [-0.15, -0.1) is 10.2 Å². The van der Waals surface area contributed by atoms with Gasteiger partial charge in [0, 0.05) is 28.9 Å². The van der Waals surface area contributed by atoms with Crippen molar-refractivity contribution >= 4 is 11.0 Å². The lowest BCUT2D eigenvalue weighted by molar-refractivity contribution is 0.881. The van der Waals surface area contributed by atoms with E-state index in [0.29, 0.717) is 5.82 Å². The maximum atomic E-state index is 4.39. The second kappa shape index (κ2) is 4.27. The van der Waals surface area contributed by atoms with E-state index < -0.39 is 0 Å². The lowest BCUT2D eigenvalue weighted by Crippen LogP contribution is -1.84. The fourth-order valence-electron chi connectivity index (χ4n) is 2.19. The molecule has 96 valence electrons. The van der Waals surface area contributed by atoms with Crippen LogP contribution in [0.25, 0.3) is 33.5 Å². The van der Waals surface area contributed by atoms with E-state index in [-0.39, 0.29) is 0 Å². The first-order chi connectivity index (χ1) is 9.90. The van der Waals surface area contributed by atoms with Crippen molar-refractivity contribution in [3.63, 3.8) is 0 Å². The summed E-state index contributed by atoms with van der Waals surface area (Å²) in [6.07, 6.45) is 3.75. The van der Waals surface area contributed by atoms with E-state index >= 15 is 0 Å². The fraction of sp³-hybridized carbons (Fsp3) is 0. The Balaban J connectivity index is 1.74. The summed E-state index contributed by atoms with van der Waals surface area (Å²) in [5, 5.41) is 15.0. The predicted molar refractivity (Wildman–Crippen MR) is 74.7 cm³/mol. The molecular formula is C14H10N6. The Bertz CT molecular complexity index is 845. The highest BCUT2D eigenvalue weighted by Crippen LogP contribution is 2.24. The van der Waals surface area contributed by atoms with E-state index in [4.69, 9.17) is 0 Å². The van der Waals surface area contributed by atoms with Crippen LogP contribution in [0.2, 0.25) is 0 Å². The number of H-pyrrole nitrogens is 2. The molecule has 0 bridgehead atoms. The molecule has 3 aromatic heterocycles. The smallest absolute Gasteiger partial charge is 0.204 e. The number of rotatable bonds is 2. The Morgan fingerprint density at radius 1 is 0.900 bits per heavy atom. The number of tetrazole rings is 1. The van der Waals surface area contributed by atoms with Crippen LogP contribution >= 0.6 is 0 Å². The number of benzene rings is 1. The third-order valence-corrected chi connectivity index (χ3v) is 3.22. The molecule has 0 aliphatic heterocycles. The Labute approximate surface area is 113 Å². The van der Waals surface area contributed by atoms with Crippen molar-refractivity contribution < 1.29 is 0 Å². The molecule has 0 unspecified atom stereocenters. The third kappa shape index (κ3) is 1.74. The molecular weight excluding hydrogens is 252 g/mol. The minimum atomic E-state index is 0.593. The summed E-state index contributed by atoms with van der Waals surface area (Å²) in [5.74, 6) is 0.593. The van der Waals surface area contributed by atoms with Gasteiger partial charge in [0.15, 0.2) is 0 Å². The van der Waals surface area contributed by atoms with E-state index in [1.54, 1.807) is 0 Å². The SMILES string of the molecule is c1cc2cc(-c3ccc(-c4nn[nH]n4)cc3)cnc2[nH]1. The van der Waals surface area contributed by atoms with E-state index in [0.717, 1.165) is 27.7 Å². The summed E-state index contributed by atoms with van der Waals surface area (Å²) in [4.78, 5) is 7.48. The van der Waals surface area contributed by atoms with Gasteiger partial charge in [-0.25, -0.2) is 4.98 Å². The van der Waals surface area contributed by atoms with E-state index in [1.165, 1.54) is 0 Å². The van der Waals surface area contributed by atoms with Gasteiger partial charge in [-0.05, 0) is 22.9 Å². The number of pyridine rings is 1. The molecule has 2 N–H and O–H groups in total. The molecule has 0 saturated heterocycles. The lowest BCUT2D eigenvalue weighted by atomic mass is 10.0. The number of nitrogens with zero attached hydrogens (tertiary/aromatic N) is 4. The first kappa shape index (κ1) is 10.9. The van der Waals surface area contributed by atoms with Crippen LogP contribution in [0.5, 0.6) is 0 Å². The van der Waals surface area contributed by atoms with Gasteiger partial charge < -0.3 is 4.98 Å². The summed E-state index contributed by atoms with van der Waals surface area (Å²) in [7, 11) is 0. The number of aromatic amines is 2. The minimum Gasteiger partial charge on any atom is -0.346 e. The maximum absolute atomic E-state index is 4.39. The van der Waals surface area contributed by atoms with Crippen LogP contribution in [-0.2, 0) is 0 Å². The molecule has 6 heteroatoms. The largest absolute Gasteiger partial charge is 0.346 e. The highest BCUT2D eigenvalue weighted by atomic mass is 15.5. The molecule has 0 aliphatic carbocycles. The molecule has 20 heavy (non-hydrogen) atoms. The molecule has 0 radical (unpaired) electrons. The summed E-state index contributed by atoms with van der Waals surface area (Å²) in [6.45, 7) is 0. The van der Waals surface area contributed by atoms with Gasteiger partial charge in [0.2, 0.25) is 5.82 Å². The van der Waals surface area contributed by atoms with Crippen molar-refractivity contribution in [2.75, 3.05) is 0 Å². The second-order valence-corrected chi connectivity index (χ2v) is 4.45. The predicted octanol–water partition coefficient (Wildman–Crippen LogP) is 2.41. The van der Waals surface area contributed by atoms with Gasteiger partial charge in [-0.3, -0.25) is 0 Å². The van der Waals surface area contributed by atoms with Crippen LogP contribution in [-0.4, -0.2) is 30.6 Å². The van der Waals surface area contributed by atoms with Gasteiger partial charge in [0.1, 0.15) is 5.65 Å². The Kier molecular flexibility index (Phi) is 2.32. The van der Waals surface area contributed by atoms with Crippen molar-refractivity contribution in [3.8, 4) is 22.5 Å². The number of fused-ring (bicyclic) bond motifs is 1. The first-order valence-electron chi connectivity index (χ1n) is 6.17. The van der Waals surface area contributed by atoms with Crippen molar-refractivity contribution in [3.05, 3.63) is 48.8 Å². The zero-order valence-electron chi connectivity index (χ0n) is 10.4. The standard InChI is InChI=1S/C14H10N6/c1-3-10(14-17-19-20-18-14)4-2-9(1)12-7-11-5-6-15-13(11)16-8-12/h1-8H,(H,15,16)(H,17,18,19,20). The van der Waals surface area contributed by atoms with Gasteiger partial charge >= 0.3 is 0 Å². The van der Waals surface area contributed by atoms with Crippen LogP contribution in [0.4, 0.5) is 0 Å². The molecule has 0 spiro atoms. The van der Waals surface area contributed by atoms with Crippen LogP contribution in [0.3, 0.4) is 0 Å². The summed E-state index contributed by atoms with van der Waals surface area (Å²) in [6, 6.07) is 12.1. The number of hydrogen-bond donors (Lipinski definition) is 2. The average molecular weight is 262 g/mol. The van der Waals surface area contributed by atoms with Crippen molar-refractivity contribution in [1.29, 1.82) is 0 Å². The van der Waals surface area contributed by atoms with Crippen LogP contribution < -0.4 is 0 Å². The summed E-state index contributed by atoms with van der Waals surface area (Å²) in [5.41, 5.74) is 4.01. The molecule has 4 aromatic rings. The van der Waals surface area contributed by atoms with Crippen LogP contribution in [0.1, 0.15) is 0 Å². The van der Waals surface area contributed by atoms with Crippen LogP contribution in [0.15, 0.2) is 48.8 Å². The normalized spacial score (nSPS) is 11.0. The molecule has 6 nitrogen and oxygen atoms in total. The highest BCUT2D eigenvalue weighted by Gasteiger charge is 2.05. The molecule has 0 aliphatic rings. The number of nitrogens with one attached hydrogen (secondary N) is 2. The Hall–Kier alpha value is -3.02. The van der Waals surface area contributed by atoms with Crippen molar-refractivity contribution in [2.24, 2.45) is 0 Å². The van der Waals surface area contributed by atoms with Crippen molar-refractivity contribution in [2.45, 2.75) is 0 Å². The van der Waals surface area contributed by atoms with Gasteiger partial charge in [-0.1, -0.05) is 24.3 Å². The maximum Gasteiger partial charge on any atom is 0.204 e. The number of aromatic nitrogens is 6. The monoisotopic (exact) mass is 262 g/mol. The summed E-state index contributed by atoms with van der Waals surface area (Å²) >= 11 is 0. The van der Waals surface area contributed by atoms with E-state index in [9.17, 15) is 0 Å². The van der Waals surface area contributed by atoms with Crippen LogP contribution in [0, 0.1) is 0 Å². The Morgan fingerprint density at radius 2 is 1.75 bits per heavy atom. The topological polar surface area (TPSA) is 83.1 Å². The first-order valence-corrected chi connectivity index (χ1v) is 6.17. The second-order valence-electron chi connectivity index (χ2n) is 4.45. The molecule has 1 aromatic carbocycles. The van der Waals surface area contributed by atoms with Crippen molar-refractivity contribution in [1.82, 2.24) is 30.6 Å². The number of hydrogen-bond acceptors (Lipinski definition) is 4. The zero-order valence-corrected chi connectivity index (χ0v) is 10.4. The van der Waals surface area contributed by atoms with E-state index in [2.05, 4.69) is 36.7 Å². The molecule has 0 fully saturated rings. The molecule has 4 rings (SSSR count). The molecule has 0 saturated carbocycles. The third-order valence-electron chi connectivity index (χ3n) is 3.22. The highest BCUT2D eigenvalue weighted by molar-refractivity contribution is 5.81. The van der Waals surface area contributed by atoms with Gasteiger partial charge in [0.05, 0.1) is 0 Å². The average Bonchev–Trinajstić information content (AvgIpc) is 3.18. The summed E-state index contributed by atoms with van der Waals surface area (Å²) < 4.78 is 0. The lowest BCUT2D eigenvalue weighted by Gasteiger charge is -2.02. The quantitative estimate of drug-likeness (QED) is 0.581. The zero-order chi connectivity index (χ0) is 13.4. The Morgan fingerprint density at radius 3 is 2.55 bits per heavy atom.